The van der Waals surface area contributed by atoms with Crippen LogP contribution in [-0.2, 0) is 0 Å². The van der Waals surface area contributed by atoms with Gasteiger partial charge in [-0.15, -0.1) is 0 Å². The van der Waals surface area contributed by atoms with Crippen molar-refractivity contribution in [3.8, 4) is 11.5 Å². The molecule has 0 aliphatic heterocycles. The van der Waals surface area contributed by atoms with E-state index in [4.69, 9.17) is 0 Å². The van der Waals surface area contributed by atoms with Crippen LogP contribution < -0.4 is 0 Å². The Labute approximate surface area is 116 Å². The van der Waals surface area contributed by atoms with Crippen molar-refractivity contribution < 1.29 is 10.2 Å². The molecule has 0 unspecified atom stereocenters. The minimum Gasteiger partial charge on any atom is -0.508 e. The average molecular weight is 262 g/mol. The first-order valence-electron chi connectivity index (χ1n) is 6.67. The molecule has 0 heterocycles. The van der Waals surface area contributed by atoms with Crippen molar-refractivity contribution in [3.63, 3.8) is 0 Å². The van der Waals surface area contributed by atoms with Gasteiger partial charge < -0.3 is 10.2 Å². The summed E-state index contributed by atoms with van der Waals surface area (Å²) in [6.07, 6.45) is 0. The lowest BCUT2D eigenvalue weighted by atomic mass is 9.90. The van der Waals surface area contributed by atoms with Crippen LogP contribution in [0.3, 0.4) is 0 Å². The summed E-state index contributed by atoms with van der Waals surface area (Å²) in [4.78, 5) is 0. The molecule has 0 fully saturated rings. The Balaban J connectivity index is 2.42. The highest BCUT2D eigenvalue weighted by atomic mass is 16.3. The maximum atomic E-state index is 10.0. The van der Waals surface area contributed by atoms with Crippen molar-refractivity contribution in [1.29, 1.82) is 0 Å². The molecule has 0 spiro atoms. The van der Waals surface area contributed by atoms with Crippen molar-refractivity contribution in [2.45, 2.75) is 13.8 Å². The van der Waals surface area contributed by atoms with E-state index in [2.05, 4.69) is 0 Å². The molecule has 4 rings (SSSR count). The van der Waals surface area contributed by atoms with Gasteiger partial charge in [-0.25, -0.2) is 0 Å². The van der Waals surface area contributed by atoms with E-state index >= 15 is 0 Å². The van der Waals surface area contributed by atoms with Gasteiger partial charge in [0.15, 0.2) is 0 Å². The molecule has 0 aliphatic carbocycles. The number of hydrogen-bond acceptors (Lipinski definition) is 2. The molecule has 0 saturated heterocycles. The van der Waals surface area contributed by atoms with Crippen LogP contribution >= 0.6 is 0 Å². The van der Waals surface area contributed by atoms with Crippen molar-refractivity contribution in [2.24, 2.45) is 0 Å². The summed E-state index contributed by atoms with van der Waals surface area (Å²) < 4.78 is 0. The first-order valence-corrected chi connectivity index (χ1v) is 6.67. The van der Waals surface area contributed by atoms with Crippen molar-refractivity contribution >= 4 is 32.3 Å². The van der Waals surface area contributed by atoms with Crippen LogP contribution in [0, 0.1) is 13.8 Å². The predicted octanol–water partition coefficient (Wildman–Crippen LogP) is 4.61. The van der Waals surface area contributed by atoms with Crippen LogP contribution in [0.15, 0.2) is 36.4 Å². The quantitative estimate of drug-likeness (QED) is 0.454. The fourth-order valence-electron chi connectivity index (χ4n) is 3.20. The first-order chi connectivity index (χ1) is 9.58. The van der Waals surface area contributed by atoms with E-state index in [1.54, 1.807) is 0 Å². The molecule has 0 radical (unpaired) electrons. The normalized spacial score (nSPS) is 11.9. The van der Waals surface area contributed by atoms with E-state index < -0.39 is 0 Å². The highest BCUT2D eigenvalue weighted by molar-refractivity contribution is 6.24. The smallest absolute Gasteiger partial charge is 0.119 e. The summed E-state index contributed by atoms with van der Waals surface area (Å²) in [5.74, 6) is 0.658. The maximum Gasteiger partial charge on any atom is 0.119 e. The van der Waals surface area contributed by atoms with Crippen molar-refractivity contribution in [1.82, 2.24) is 0 Å². The van der Waals surface area contributed by atoms with E-state index in [9.17, 15) is 10.2 Å². The minimum absolute atomic E-state index is 0.329. The van der Waals surface area contributed by atoms with Crippen LogP contribution in [0.5, 0.6) is 11.5 Å². The highest BCUT2D eigenvalue weighted by Crippen LogP contribution is 2.41. The predicted molar refractivity (Wildman–Crippen MR) is 82.9 cm³/mol. The Morgan fingerprint density at radius 3 is 1.45 bits per heavy atom. The fourth-order valence-corrected chi connectivity index (χ4v) is 3.20. The molecule has 2 nitrogen and oxygen atoms in total. The molecule has 2 heteroatoms. The zero-order valence-electron chi connectivity index (χ0n) is 11.4. The van der Waals surface area contributed by atoms with Gasteiger partial charge in [0, 0.05) is 0 Å². The zero-order chi connectivity index (χ0) is 14.0. The Morgan fingerprint density at radius 1 is 0.650 bits per heavy atom. The number of aryl methyl sites for hydroxylation is 2. The van der Waals surface area contributed by atoms with Gasteiger partial charge in [-0.3, -0.25) is 0 Å². The number of benzene rings is 4. The van der Waals surface area contributed by atoms with Gasteiger partial charge in [0.25, 0.3) is 0 Å². The van der Waals surface area contributed by atoms with Gasteiger partial charge in [0.05, 0.1) is 0 Å². The molecule has 0 aromatic heterocycles. The standard InChI is InChI=1S/C18H14O2/c1-9-13-5-3-12-8-16(20)10(2)14-6-4-11(7-15(9)19)17(13)18(12)14/h3-8,19-20H,1-2H3. The van der Waals surface area contributed by atoms with E-state index in [1.165, 1.54) is 10.8 Å². The molecular formula is C18H14O2. The third-order valence-electron chi connectivity index (χ3n) is 4.39. The number of rotatable bonds is 0. The molecule has 2 N–H and O–H groups in total. The van der Waals surface area contributed by atoms with Gasteiger partial charge in [0.2, 0.25) is 0 Å². The Bertz CT molecular complexity index is 902. The zero-order valence-corrected chi connectivity index (χ0v) is 11.4. The SMILES string of the molecule is Cc1c(O)cc2ccc3c(C)c(O)cc4ccc1c2c43. The summed E-state index contributed by atoms with van der Waals surface area (Å²) in [6.45, 7) is 3.87. The van der Waals surface area contributed by atoms with E-state index in [-0.39, 0.29) is 0 Å². The summed E-state index contributed by atoms with van der Waals surface area (Å²) in [7, 11) is 0. The molecule has 0 saturated carbocycles. The minimum atomic E-state index is 0.329. The van der Waals surface area contributed by atoms with E-state index in [0.717, 1.165) is 32.7 Å². The fraction of sp³-hybridized carbons (Fsp3) is 0.111. The second kappa shape index (κ2) is 3.54. The second-order valence-electron chi connectivity index (χ2n) is 5.46. The Kier molecular flexibility index (Phi) is 2.01. The number of hydrogen-bond donors (Lipinski definition) is 2. The average Bonchev–Trinajstić information content (AvgIpc) is 2.44. The van der Waals surface area contributed by atoms with Gasteiger partial charge >= 0.3 is 0 Å². The third-order valence-corrected chi connectivity index (χ3v) is 4.39. The first kappa shape index (κ1) is 11.4. The molecule has 0 atom stereocenters. The molecule has 20 heavy (non-hydrogen) atoms. The van der Waals surface area contributed by atoms with Crippen molar-refractivity contribution in [2.75, 3.05) is 0 Å². The van der Waals surface area contributed by atoms with Gasteiger partial charge in [-0.2, -0.15) is 0 Å². The Hall–Kier alpha value is -2.48. The lowest BCUT2D eigenvalue weighted by molar-refractivity contribution is 0.472. The molecule has 4 aromatic rings. The number of phenolic OH excluding ortho intramolecular Hbond substituents is 2. The monoisotopic (exact) mass is 262 g/mol. The molecular weight excluding hydrogens is 248 g/mol. The van der Waals surface area contributed by atoms with Gasteiger partial charge in [-0.1, -0.05) is 24.3 Å². The highest BCUT2D eigenvalue weighted by Gasteiger charge is 2.14. The molecule has 98 valence electrons. The summed E-state index contributed by atoms with van der Waals surface area (Å²) >= 11 is 0. The number of phenols is 2. The molecule has 0 bridgehead atoms. The summed E-state index contributed by atoms with van der Waals surface area (Å²) in [5.41, 5.74) is 1.80. The second-order valence-corrected chi connectivity index (χ2v) is 5.46. The lowest BCUT2D eigenvalue weighted by Gasteiger charge is -2.15. The van der Waals surface area contributed by atoms with Crippen LogP contribution in [0.1, 0.15) is 11.1 Å². The summed E-state index contributed by atoms with van der Waals surface area (Å²) in [6, 6.07) is 11.7. The summed E-state index contributed by atoms with van der Waals surface area (Å²) in [5, 5.41) is 26.6. The molecule has 0 amide bonds. The van der Waals surface area contributed by atoms with Gasteiger partial charge in [-0.05, 0) is 69.4 Å². The third kappa shape index (κ3) is 1.23. The molecule has 0 aliphatic rings. The van der Waals surface area contributed by atoms with Crippen LogP contribution in [0.2, 0.25) is 0 Å². The largest absolute Gasteiger partial charge is 0.508 e. The van der Waals surface area contributed by atoms with Crippen LogP contribution in [-0.4, -0.2) is 10.2 Å². The maximum absolute atomic E-state index is 10.0. The van der Waals surface area contributed by atoms with Crippen LogP contribution in [0.4, 0.5) is 0 Å². The Morgan fingerprint density at radius 2 is 1.05 bits per heavy atom. The molecule has 4 aromatic carbocycles. The van der Waals surface area contributed by atoms with Gasteiger partial charge in [0.1, 0.15) is 11.5 Å². The van der Waals surface area contributed by atoms with Crippen molar-refractivity contribution in [3.05, 3.63) is 47.5 Å². The lowest BCUT2D eigenvalue weighted by Crippen LogP contribution is -1.89. The van der Waals surface area contributed by atoms with Crippen LogP contribution in [0.25, 0.3) is 32.3 Å². The van der Waals surface area contributed by atoms with E-state index in [0.29, 0.717) is 11.5 Å². The van der Waals surface area contributed by atoms with E-state index in [1.807, 2.05) is 50.2 Å². The topological polar surface area (TPSA) is 40.5 Å². The number of aromatic hydroxyl groups is 2.